The Morgan fingerprint density at radius 2 is 2.21 bits per heavy atom. The topological polar surface area (TPSA) is 32.7 Å². The lowest BCUT2D eigenvalue weighted by Crippen LogP contribution is -2.32. The number of ether oxygens (including phenoxy) is 1. The monoisotopic (exact) mass is 221 g/mol. The van der Waals surface area contributed by atoms with Gasteiger partial charge in [0.2, 0.25) is 0 Å². The third-order valence-electron chi connectivity index (χ3n) is 1.91. The molecule has 0 fully saturated rings. The molecular formula is C10H23NO2S. The van der Waals surface area contributed by atoms with E-state index >= 15 is 0 Å². The fourth-order valence-electron chi connectivity index (χ4n) is 1.28. The average molecular weight is 221 g/mol. The molecule has 0 heterocycles. The van der Waals surface area contributed by atoms with Gasteiger partial charge in [0.15, 0.2) is 0 Å². The first-order chi connectivity index (χ1) is 6.70. The van der Waals surface area contributed by atoms with E-state index < -0.39 is 0 Å². The second-order valence-corrected chi connectivity index (χ2v) is 4.82. The van der Waals surface area contributed by atoms with Gasteiger partial charge in [-0.15, -0.1) is 0 Å². The van der Waals surface area contributed by atoms with Gasteiger partial charge in [-0.2, -0.15) is 11.8 Å². The number of thioether (sulfide) groups is 1. The molecule has 0 saturated carbocycles. The van der Waals surface area contributed by atoms with E-state index in [1.54, 1.807) is 7.11 Å². The lowest BCUT2D eigenvalue weighted by Gasteiger charge is -2.19. The largest absolute Gasteiger partial charge is 0.389 e. The van der Waals surface area contributed by atoms with Crippen LogP contribution in [0.3, 0.4) is 0 Å². The lowest BCUT2D eigenvalue weighted by atomic mass is 10.3. The Morgan fingerprint density at radius 3 is 2.79 bits per heavy atom. The molecule has 0 amide bonds. The molecule has 0 aliphatic rings. The Labute approximate surface area is 91.8 Å². The first kappa shape index (κ1) is 14.2. The highest BCUT2D eigenvalue weighted by Gasteiger charge is 2.06. The normalized spacial score (nSPS) is 13.5. The molecule has 86 valence electrons. The first-order valence-electron chi connectivity index (χ1n) is 5.14. The molecule has 0 aromatic heterocycles. The van der Waals surface area contributed by atoms with E-state index in [2.05, 4.69) is 11.8 Å². The second-order valence-electron chi connectivity index (χ2n) is 3.42. The summed E-state index contributed by atoms with van der Waals surface area (Å²) in [6.45, 7) is 4.35. The number of rotatable bonds is 9. The molecule has 0 aromatic rings. The molecule has 4 heteroatoms. The molecule has 0 spiro atoms. The van der Waals surface area contributed by atoms with Crippen LogP contribution in [0.1, 0.15) is 13.3 Å². The SMILES string of the molecule is CCSCCCN(C)CC(O)COC. The number of hydrogen-bond donors (Lipinski definition) is 1. The van der Waals surface area contributed by atoms with E-state index in [0.29, 0.717) is 13.2 Å². The van der Waals surface area contributed by atoms with Crippen LogP contribution in [0.15, 0.2) is 0 Å². The predicted molar refractivity (Wildman–Crippen MR) is 63.0 cm³/mol. The number of nitrogens with zero attached hydrogens (tertiary/aromatic N) is 1. The molecule has 0 saturated heterocycles. The van der Waals surface area contributed by atoms with E-state index in [9.17, 15) is 5.11 Å². The van der Waals surface area contributed by atoms with Gasteiger partial charge in [0.05, 0.1) is 12.7 Å². The Kier molecular flexibility index (Phi) is 9.93. The van der Waals surface area contributed by atoms with Gasteiger partial charge >= 0.3 is 0 Å². The van der Waals surface area contributed by atoms with Crippen molar-refractivity contribution in [3.05, 3.63) is 0 Å². The molecule has 0 aromatic carbocycles. The third-order valence-corrected chi connectivity index (χ3v) is 2.90. The van der Waals surface area contributed by atoms with Gasteiger partial charge in [-0.3, -0.25) is 0 Å². The van der Waals surface area contributed by atoms with Gasteiger partial charge in [-0.05, 0) is 31.5 Å². The summed E-state index contributed by atoms with van der Waals surface area (Å²) in [6.07, 6.45) is 0.832. The molecule has 1 atom stereocenters. The minimum atomic E-state index is -0.358. The van der Waals surface area contributed by atoms with Crippen molar-refractivity contribution in [3.8, 4) is 0 Å². The van der Waals surface area contributed by atoms with Crippen molar-refractivity contribution in [3.63, 3.8) is 0 Å². The highest BCUT2D eigenvalue weighted by atomic mass is 32.2. The highest BCUT2D eigenvalue weighted by Crippen LogP contribution is 2.02. The molecule has 0 radical (unpaired) electrons. The van der Waals surface area contributed by atoms with Crippen molar-refractivity contribution < 1.29 is 9.84 Å². The van der Waals surface area contributed by atoms with E-state index in [1.807, 2.05) is 18.8 Å². The summed E-state index contributed by atoms with van der Waals surface area (Å²) in [5.74, 6) is 2.40. The van der Waals surface area contributed by atoms with Crippen LogP contribution in [0.4, 0.5) is 0 Å². The summed E-state index contributed by atoms with van der Waals surface area (Å²) in [6, 6.07) is 0. The van der Waals surface area contributed by atoms with Crippen molar-refractivity contribution in [2.24, 2.45) is 0 Å². The molecule has 0 aliphatic carbocycles. The summed E-state index contributed by atoms with van der Waals surface area (Å²) in [7, 11) is 3.65. The molecular weight excluding hydrogens is 198 g/mol. The summed E-state index contributed by atoms with van der Waals surface area (Å²) in [5.41, 5.74) is 0. The molecule has 0 rings (SSSR count). The minimum absolute atomic E-state index is 0.358. The fraction of sp³-hybridized carbons (Fsp3) is 1.00. The van der Waals surface area contributed by atoms with Crippen molar-refractivity contribution in [2.45, 2.75) is 19.4 Å². The fourth-order valence-corrected chi connectivity index (χ4v) is 1.90. The summed E-state index contributed by atoms with van der Waals surface area (Å²) in [5, 5.41) is 9.45. The molecule has 1 N–H and O–H groups in total. The number of aliphatic hydroxyl groups excluding tert-OH is 1. The average Bonchev–Trinajstić information content (AvgIpc) is 2.13. The summed E-state index contributed by atoms with van der Waals surface area (Å²) in [4.78, 5) is 2.15. The molecule has 3 nitrogen and oxygen atoms in total. The maximum absolute atomic E-state index is 9.45. The number of likely N-dealkylation sites (N-methyl/N-ethyl adjacent to an activating group) is 1. The Balaban J connectivity index is 3.30. The smallest absolute Gasteiger partial charge is 0.0899 e. The van der Waals surface area contributed by atoms with Crippen LogP contribution >= 0.6 is 11.8 Å². The van der Waals surface area contributed by atoms with Crippen molar-refractivity contribution in [1.82, 2.24) is 4.90 Å². The van der Waals surface area contributed by atoms with E-state index in [-0.39, 0.29) is 6.10 Å². The van der Waals surface area contributed by atoms with Crippen LogP contribution in [0, 0.1) is 0 Å². The van der Waals surface area contributed by atoms with Gasteiger partial charge in [-0.1, -0.05) is 6.92 Å². The zero-order valence-electron chi connectivity index (χ0n) is 9.53. The molecule has 0 aliphatic heterocycles. The van der Waals surface area contributed by atoms with Gasteiger partial charge in [0, 0.05) is 13.7 Å². The van der Waals surface area contributed by atoms with E-state index in [1.165, 1.54) is 17.9 Å². The Hall–Kier alpha value is 0.230. The van der Waals surface area contributed by atoms with Crippen LogP contribution in [-0.2, 0) is 4.74 Å². The second kappa shape index (κ2) is 9.77. The van der Waals surface area contributed by atoms with Gasteiger partial charge in [-0.25, -0.2) is 0 Å². The van der Waals surface area contributed by atoms with Crippen molar-refractivity contribution >= 4 is 11.8 Å². The Morgan fingerprint density at radius 1 is 1.50 bits per heavy atom. The van der Waals surface area contributed by atoms with Crippen LogP contribution in [0.5, 0.6) is 0 Å². The number of methoxy groups -OCH3 is 1. The van der Waals surface area contributed by atoms with Crippen molar-refractivity contribution in [2.75, 3.05) is 45.4 Å². The van der Waals surface area contributed by atoms with Gasteiger partial charge in [0.1, 0.15) is 0 Å². The lowest BCUT2D eigenvalue weighted by molar-refractivity contribution is 0.0434. The Bertz CT molecular complexity index is 125. The van der Waals surface area contributed by atoms with Crippen LogP contribution in [0.25, 0.3) is 0 Å². The zero-order valence-corrected chi connectivity index (χ0v) is 10.3. The summed E-state index contributed by atoms with van der Waals surface area (Å²) >= 11 is 1.97. The third kappa shape index (κ3) is 8.81. The number of hydrogen-bond acceptors (Lipinski definition) is 4. The zero-order chi connectivity index (χ0) is 10.8. The molecule has 14 heavy (non-hydrogen) atoms. The first-order valence-corrected chi connectivity index (χ1v) is 6.29. The van der Waals surface area contributed by atoms with Crippen molar-refractivity contribution in [1.29, 1.82) is 0 Å². The molecule has 0 bridgehead atoms. The maximum Gasteiger partial charge on any atom is 0.0899 e. The standard InChI is InChI=1S/C10H23NO2S/c1-4-14-7-5-6-11(2)8-10(12)9-13-3/h10,12H,4-9H2,1-3H3. The molecule has 1 unspecified atom stereocenters. The number of aliphatic hydroxyl groups is 1. The summed E-state index contributed by atoms with van der Waals surface area (Å²) < 4.78 is 4.87. The predicted octanol–water partition coefficient (Wildman–Crippen LogP) is 1.07. The highest BCUT2D eigenvalue weighted by molar-refractivity contribution is 7.99. The van der Waals surface area contributed by atoms with Crippen LogP contribution < -0.4 is 0 Å². The quantitative estimate of drug-likeness (QED) is 0.590. The van der Waals surface area contributed by atoms with Crippen LogP contribution in [-0.4, -0.2) is 61.5 Å². The van der Waals surface area contributed by atoms with Gasteiger partial charge < -0.3 is 14.7 Å². The van der Waals surface area contributed by atoms with E-state index in [0.717, 1.165) is 6.54 Å². The minimum Gasteiger partial charge on any atom is -0.389 e. The maximum atomic E-state index is 9.45. The van der Waals surface area contributed by atoms with Crippen LogP contribution in [0.2, 0.25) is 0 Å². The van der Waals surface area contributed by atoms with Gasteiger partial charge in [0.25, 0.3) is 0 Å². The van der Waals surface area contributed by atoms with E-state index in [4.69, 9.17) is 4.74 Å².